The van der Waals surface area contributed by atoms with E-state index < -0.39 is 9.84 Å². The molecule has 0 amide bonds. The first kappa shape index (κ1) is 16.2. The lowest BCUT2D eigenvalue weighted by Gasteiger charge is -2.19. The maximum atomic E-state index is 11.4. The van der Waals surface area contributed by atoms with Crippen molar-refractivity contribution in [2.75, 3.05) is 12.8 Å². The predicted molar refractivity (Wildman–Crippen MR) is 80.0 cm³/mol. The van der Waals surface area contributed by atoms with Crippen LogP contribution in [0.2, 0.25) is 0 Å². The van der Waals surface area contributed by atoms with Crippen molar-refractivity contribution >= 4 is 9.84 Å². The quantitative estimate of drug-likeness (QED) is 0.836. The van der Waals surface area contributed by atoms with Crippen molar-refractivity contribution in [1.29, 1.82) is 0 Å². The fraction of sp³-hybridized carbons (Fsp3) is 0.600. The summed E-state index contributed by atoms with van der Waals surface area (Å²) in [6, 6.07) is 7.55. The van der Waals surface area contributed by atoms with E-state index in [-0.39, 0.29) is 0 Å². The number of rotatable bonds is 7. The molecular formula is C15H25NO2S. The van der Waals surface area contributed by atoms with Crippen molar-refractivity contribution in [2.24, 2.45) is 5.92 Å². The van der Waals surface area contributed by atoms with E-state index in [1.807, 2.05) is 12.1 Å². The van der Waals surface area contributed by atoms with Crippen LogP contribution in [-0.2, 0) is 9.84 Å². The molecule has 0 aliphatic heterocycles. The van der Waals surface area contributed by atoms with Crippen LogP contribution in [0, 0.1) is 5.92 Å². The zero-order valence-corrected chi connectivity index (χ0v) is 13.1. The summed E-state index contributed by atoms with van der Waals surface area (Å²) in [5.74, 6) is 0.677. The Morgan fingerprint density at radius 1 is 1.11 bits per heavy atom. The molecular weight excluding hydrogens is 258 g/mol. The zero-order chi connectivity index (χ0) is 14.5. The van der Waals surface area contributed by atoms with Crippen molar-refractivity contribution in [3.8, 4) is 0 Å². The van der Waals surface area contributed by atoms with Crippen LogP contribution in [0.4, 0.5) is 0 Å². The fourth-order valence-corrected chi connectivity index (χ4v) is 2.71. The summed E-state index contributed by atoms with van der Waals surface area (Å²) in [6.07, 6.45) is 3.47. The van der Waals surface area contributed by atoms with Gasteiger partial charge in [0.05, 0.1) is 4.90 Å². The second-order valence-electron chi connectivity index (χ2n) is 5.42. The van der Waals surface area contributed by atoms with Crippen LogP contribution in [0.5, 0.6) is 0 Å². The third-order valence-corrected chi connectivity index (χ3v) is 4.32. The smallest absolute Gasteiger partial charge is 0.175 e. The summed E-state index contributed by atoms with van der Waals surface area (Å²) in [7, 11) is -3.10. The Hall–Kier alpha value is -0.870. The van der Waals surface area contributed by atoms with E-state index in [2.05, 4.69) is 26.1 Å². The van der Waals surface area contributed by atoms with E-state index in [1.54, 1.807) is 12.1 Å². The molecule has 1 atom stereocenters. The lowest BCUT2D eigenvalue weighted by Crippen LogP contribution is -2.21. The highest BCUT2D eigenvalue weighted by atomic mass is 32.2. The highest BCUT2D eigenvalue weighted by Crippen LogP contribution is 2.22. The summed E-state index contributed by atoms with van der Waals surface area (Å²) < 4.78 is 22.9. The van der Waals surface area contributed by atoms with Crippen LogP contribution in [-0.4, -0.2) is 21.2 Å². The highest BCUT2D eigenvalue weighted by molar-refractivity contribution is 7.90. The Morgan fingerprint density at radius 2 is 1.68 bits per heavy atom. The Labute approximate surface area is 117 Å². The van der Waals surface area contributed by atoms with E-state index in [4.69, 9.17) is 0 Å². The monoisotopic (exact) mass is 283 g/mol. The van der Waals surface area contributed by atoms with Gasteiger partial charge in [-0.1, -0.05) is 32.9 Å². The molecule has 0 saturated heterocycles. The minimum Gasteiger partial charge on any atom is -0.310 e. The molecule has 19 heavy (non-hydrogen) atoms. The van der Waals surface area contributed by atoms with Gasteiger partial charge in [0.1, 0.15) is 0 Å². The van der Waals surface area contributed by atoms with E-state index >= 15 is 0 Å². The maximum absolute atomic E-state index is 11.4. The molecule has 0 radical (unpaired) electrons. The molecule has 0 aliphatic carbocycles. The molecule has 0 aromatic heterocycles. The van der Waals surface area contributed by atoms with Crippen molar-refractivity contribution in [2.45, 2.75) is 44.6 Å². The first-order valence-corrected chi connectivity index (χ1v) is 8.77. The van der Waals surface area contributed by atoms with Crippen molar-refractivity contribution < 1.29 is 8.42 Å². The van der Waals surface area contributed by atoms with E-state index in [0.29, 0.717) is 16.9 Å². The molecule has 0 fully saturated rings. The molecule has 1 aromatic carbocycles. The number of hydrogen-bond acceptors (Lipinski definition) is 3. The van der Waals surface area contributed by atoms with Gasteiger partial charge < -0.3 is 5.32 Å². The summed E-state index contributed by atoms with van der Waals surface area (Å²) in [5, 5.41) is 3.46. The average molecular weight is 283 g/mol. The van der Waals surface area contributed by atoms with Crippen LogP contribution in [0.25, 0.3) is 0 Å². The summed E-state index contributed by atoms with van der Waals surface area (Å²) in [6.45, 7) is 7.44. The number of hydrogen-bond donors (Lipinski definition) is 1. The van der Waals surface area contributed by atoms with Gasteiger partial charge in [-0.05, 0) is 43.0 Å². The van der Waals surface area contributed by atoms with Crippen molar-refractivity contribution in [3.05, 3.63) is 29.8 Å². The Kier molecular flexibility index (Phi) is 6.01. The maximum Gasteiger partial charge on any atom is 0.175 e. The molecule has 0 aliphatic rings. The SMILES string of the molecule is CCNC(CCC(C)C)c1ccc(S(C)(=O)=O)cc1. The van der Waals surface area contributed by atoms with E-state index in [1.165, 1.54) is 6.26 Å². The Bertz CT molecular complexity index is 477. The summed E-state index contributed by atoms with van der Waals surface area (Å²) >= 11 is 0. The molecule has 1 N–H and O–H groups in total. The molecule has 0 spiro atoms. The molecule has 1 aromatic rings. The normalized spacial score (nSPS) is 13.7. The lowest BCUT2D eigenvalue weighted by atomic mass is 9.97. The fourth-order valence-electron chi connectivity index (χ4n) is 2.08. The highest BCUT2D eigenvalue weighted by Gasteiger charge is 2.12. The molecule has 1 unspecified atom stereocenters. The molecule has 0 saturated carbocycles. The third-order valence-electron chi connectivity index (χ3n) is 3.19. The molecule has 0 heterocycles. The van der Waals surface area contributed by atoms with Crippen LogP contribution in [0.3, 0.4) is 0 Å². The van der Waals surface area contributed by atoms with Gasteiger partial charge in [0, 0.05) is 12.3 Å². The first-order valence-electron chi connectivity index (χ1n) is 6.88. The predicted octanol–water partition coefficient (Wildman–Crippen LogP) is 3.18. The average Bonchev–Trinajstić information content (AvgIpc) is 2.33. The van der Waals surface area contributed by atoms with Crippen molar-refractivity contribution in [1.82, 2.24) is 5.32 Å². The topological polar surface area (TPSA) is 46.2 Å². The van der Waals surface area contributed by atoms with Crippen LogP contribution < -0.4 is 5.32 Å². The minimum absolute atomic E-state index is 0.306. The van der Waals surface area contributed by atoms with E-state index in [0.717, 1.165) is 24.9 Å². The van der Waals surface area contributed by atoms with Gasteiger partial charge in [-0.25, -0.2) is 8.42 Å². The van der Waals surface area contributed by atoms with Crippen LogP contribution in [0.15, 0.2) is 29.2 Å². The van der Waals surface area contributed by atoms with Gasteiger partial charge in [-0.2, -0.15) is 0 Å². The second-order valence-corrected chi connectivity index (χ2v) is 7.44. The number of sulfone groups is 1. The van der Waals surface area contributed by atoms with Gasteiger partial charge in [0.2, 0.25) is 0 Å². The van der Waals surface area contributed by atoms with Gasteiger partial charge in [-0.15, -0.1) is 0 Å². The second kappa shape index (κ2) is 7.06. The molecule has 108 valence electrons. The summed E-state index contributed by atoms with van der Waals surface area (Å²) in [4.78, 5) is 0.385. The first-order chi connectivity index (χ1) is 8.84. The molecule has 3 nitrogen and oxygen atoms in total. The van der Waals surface area contributed by atoms with Crippen LogP contribution in [0.1, 0.15) is 45.2 Å². The minimum atomic E-state index is -3.10. The molecule has 0 bridgehead atoms. The molecule has 4 heteroatoms. The number of benzene rings is 1. The van der Waals surface area contributed by atoms with E-state index in [9.17, 15) is 8.42 Å². The zero-order valence-electron chi connectivity index (χ0n) is 12.3. The van der Waals surface area contributed by atoms with Gasteiger partial charge >= 0.3 is 0 Å². The summed E-state index contributed by atoms with van der Waals surface area (Å²) in [5.41, 5.74) is 1.16. The third kappa shape index (κ3) is 5.33. The van der Waals surface area contributed by atoms with Crippen molar-refractivity contribution in [3.63, 3.8) is 0 Å². The number of nitrogens with one attached hydrogen (secondary N) is 1. The Morgan fingerprint density at radius 3 is 2.11 bits per heavy atom. The Balaban J connectivity index is 2.85. The van der Waals surface area contributed by atoms with Gasteiger partial charge in [-0.3, -0.25) is 0 Å². The lowest BCUT2D eigenvalue weighted by molar-refractivity contribution is 0.448. The van der Waals surface area contributed by atoms with Gasteiger partial charge in [0.15, 0.2) is 9.84 Å². The molecule has 1 rings (SSSR count). The largest absolute Gasteiger partial charge is 0.310 e. The van der Waals surface area contributed by atoms with Gasteiger partial charge in [0.25, 0.3) is 0 Å². The van der Waals surface area contributed by atoms with Crippen LogP contribution >= 0.6 is 0 Å². The standard InChI is InChI=1S/C15H25NO2S/c1-5-16-15(11-6-12(2)3)13-7-9-14(10-8-13)19(4,17)18/h7-10,12,15-16H,5-6,11H2,1-4H3.